The zero-order valence-electron chi connectivity index (χ0n) is 17.4. The highest BCUT2D eigenvalue weighted by Crippen LogP contribution is 2.29. The zero-order chi connectivity index (χ0) is 22.5. The third-order valence-corrected chi connectivity index (χ3v) is 4.52. The molecule has 1 amide bonds. The summed E-state index contributed by atoms with van der Waals surface area (Å²) >= 11 is 0. The number of hydrogen-bond donors (Lipinski definition) is 2. The largest absolute Gasteiger partial charge is 0.494 e. The van der Waals surface area contributed by atoms with E-state index in [2.05, 4.69) is 35.8 Å². The van der Waals surface area contributed by atoms with Gasteiger partial charge in [-0.05, 0) is 41.9 Å². The number of benzene rings is 2. The Bertz CT molecular complexity index is 1260. The van der Waals surface area contributed by atoms with Gasteiger partial charge in [0.2, 0.25) is 11.6 Å². The van der Waals surface area contributed by atoms with Gasteiger partial charge in [-0.25, -0.2) is 10.1 Å². The van der Waals surface area contributed by atoms with E-state index in [-0.39, 0.29) is 17.3 Å². The molecule has 4 rings (SSSR count). The number of hydrogen-bond acceptors (Lipinski definition) is 9. The van der Waals surface area contributed by atoms with Crippen molar-refractivity contribution in [2.24, 2.45) is 5.10 Å². The Labute approximate surface area is 182 Å². The van der Waals surface area contributed by atoms with Gasteiger partial charge in [-0.15, -0.1) is 5.10 Å². The lowest BCUT2D eigenvalue weighted by molar-refractivity contribution is 0.0950. The lowest BCUT2D eigenvalue weighted by Gasteiger charge is -2.08. The fourth-order valence-electron chi connectivity index (χ4n) is 3.01. The van der Waals surface area contributed by atoms with Crippen molar-refractivity contribution >= 4 is 17.4 Å². The highest BCUT2D eigenvalue weighted by atomic mass is 16.6. The number of nitrogens with zero attached hydrogens (tertiary/aromatic N) is 6. The van der Waals surface area contributed by atoms with Crippen LogP contribution in [-0.4, -0.2) is 43.5 Å². The standard InChI is InChI=1S/C21H20N8O3/c1-3-31-16-11-7-10-15(12-16)18-17(24-28-29(18)20-19(22)26-32-27-20)21(30)25-23-13(2)14-8-5-4-6-9-14/h4-12H,3H2,1-2H3,(H2,22,26)(H,25,30)/b23-13-. The molecule has 2 heterocycles. The normalized spacial score (nSPS) is 11.4. The number of anilines is 1. The Hall–Kier alpha value is -4.54. The molecular formula is C21H20N8O3. The summed E-state index contributed by atoms with van der Waals surface area (Å²) in [6.45, 7) is 4.16. The number of carbonyl (C=O) groups is 1. The molecule has 0 aliphatic heterocycles. The van der Waals surface area contributed by atoms with Crippen molar-refractivity contribution in [1.82, 2.24) is 30.7 Å². The molecule has 0 aliphatic carbocycles. The van der Waals surface area contributed by atoms with Crippen LogP contribution in [0.3, 0.4) is 0 Å². The van der Waals surface area contributed by atoms with E-state index in [1.807, 2.05) is 37.3 Å². The summed E-state index contributed by atoms with van der Waals surface area (Å²) in [5, 5.41) is 19.6. The third kappa shape index (κ3) is 4.17. The van der Waals surface area contributed by atoms with Crippen LogP contribution in [0.4, 0.5) is 5.82 Å². The van der Waals surface area contributed by atoms with Crippen LogP contribution in [0.5, 0.6) is 5.75 Å². The second-order valence-corrected chi connectivity index (χ2v) is 6.64. The maximum absolute atomic E-state index is 13.0. The van der Waals surface area contributed by atoms with E-state index < -0.39 is 5.91 Å². The van der Waals surface area contributed by atoms with Crippen LogP contribution in [0.2, 0.25) is 0 Å². The second-order valence-electron chi connectivity index (χ2n) is 6.64. The minimum Gasteiger partial charge on any atom is -0.494 e. The van der Waals surface area contributed by atoms with Gasteiger partial charge >= 0.3 is 0 Å². The van der Waals surface area contributed by atoms with Gasteiger partial charge < -0.3 is 10.5 Å². The first-order valence-electron chi connectivity index (χ1n) is 9.76. The van der Waals surface area contributed by atoms with E-state index in [1.54, 1.807) is 31.2 Å². The number of aromatic nitrogens is 5. The Morgan fingerprint density at radius 1 is 1.19 bits per heavy atom. The molecule has 3 N–H and O–H groups in total. The summed E-state index contributed by atoms with van der Waals surface area (Å²) in [7, 11) is 0. The first-order chi connectivity index (χ1) is 15.6. The first kappa shape index (κ1) is 20.7. The predicted octanol–water partition coefficient (Wildman–Crippen LogP) is 2.45. The Morgan fingerprint density at radius 2 is 2.00 bits per heavy atom. The van der Waals surface area contributed by atoms with Gasteiger partial charge in [-0.1, -0.05) is 47.7 Å². The molecule has 4 aromatic rings. The number of amides is 1. The maximum Gasteiger partial charge on any atom is 0.294 e. The number of ether oxygens (including phenoxy) is 1. The van der Waals surface area contributed by atoms with Crippen molar-refractivity contribution in [3.05, 3.63) is 65.9 Å². The molecule has 0 aliphatic rings. The Kier molecular flexibility index (Phi) is 5.88. The molecule has 0 bridgehead atoms. The summed E-state index contributed by atoms with van der Waals surface area (Å²) < 4.78 is 11.6. The summed E-state index contributed by atoms with van der Waals surface area (Å²) in [6, 6.07) is 16.6. The van der Waals surface area contributed by atoms with Crippen molar-refractivity contribution in [3.63, 3.8) is 0 Å². The molecule has 11 nitrogen and oxygen atoms in total. The predicted molar refractivity (Wildman–Crippen MR) is 116 cm³/mol. The molecule has 0 fully saturated rings. The van der Waals surface area contributed by atoms with Crippen LogP contribution >= 0.6 is 0 Å². The average Bonchev–Trinajstić information content (AvgIpc) is 3.44. The molecule has 32 heavy (non-hydrogen) atoms. The molecule has 2 aromatic heterocycles. The molecule has 0 atom stereocenters. The summed E-state index contributed by atoms with van der Waals surface area (Å²) in [4.78, 5) is 13.0. The van der Waals surface area contributed by atoms with Crippen LogP contribution < -0.4 is 15.9 Å². The van der Waals surface area contributed by atoms with Gasteiger partial charge in [0.15, 0.2) is 5.69 Å². The minimum absolute atomic E-state index is 0.00186. The molecule has 162 valence electrons. The molecule has 0 spiro atoms. The van der Waals surface area contributed by atoms with Gasteiger partial charge in [0.25, 0.3) is 5.91 Å². The number of hydrazone groups is 1. The van der Waals surface area contributed by atoms with Crippen molar-refractivity contribution in [2.75, 3.05) is 12.3 Å². The lowest BCUT2D eigenvalue weighted by Crippen LogP contribution is -2.21. The number of nitrogens with two attached hydrogens (primary N) is 1. The zero-order valence-corrected chi connectivity index (χ0v) is 17.4. The second kappa shape index (κ2) is 9.08. The highest BCUT2D eigenvalue weighted by molar-refractivity contribution is 6.02. The molecule has 11 heteroatoms. The minimum atomic E-state index is -0.557. The number of rotatable bonds is 7. The maximum atomic E-state index is 13.0. The molecule has 0 saturated heterocycles. The Morgan fingerprint density at radius 3 is 2.72 bits per heavy atom. The fourth-order valence-corrected chi connectivity index (χ4v) is 3.01. The monoisotopic (exact) mass is 432 g/mol. The van der Waals surface area contributed by atoms with E-state index in [9.17, 15) is 4.79 Å². The van der Waals surface area contributed by atoms with Crippen LogP contribution in [0, 0.1) is 0 Å². The molecule has 0 saturated carbocycles. The van der Waals surface area contributed by atoms with Crippen LogP contribution in [0.25, 0.3) is 17.1 Å². The number of nitrogens with one attached hydrogen (secondary N) is 1. The number of nitrogen functional groups attached to an aromatic ring is 1. The van der Waals surface area contributed by atoms with Crippen molar-refractivity contribution in [1.29, 1.82) is 0 Å². The first-order valence-corrected chi connectivity index (χ1v) is 9.76. The summed E-state index contributed by atoms with van der Waals surface area (Å²) in [5.41, 5.74) is 10.8. The van der Waals surface area contributed by atoms with Gasteiger partial charge in [0, 0.05) is 5.56 Å². The van der Waals surface area contributed by atoms with E-state index >= 15 is 0 Å². The SMILES string of the molecule is CCOc1cccc(-c2c(C(=O)N/N=C(/C)c3ccccc3)nnn2-c2nonc2N)c1. The smallest absolute Gasteiger partial charge is 0.294 e. The van der Waals surface area contributed by atoms with Gasteiger partial charge in [0.1, 0.15) is 11.4 Å². The van der Waals surface area contributed by atoms with E-state index in [1.165, 1.54) is 4.68 Å². The summed E-state index contributed by atoms with van der Waals surface area (Å²) in [6.07, 6.45) is 0. The van der Waals surface area contributed by atoms with Gasteiger partial charge in [-0.2, -0.15) is 9.78 Å². The molecule has 0 radical (unpaired) electrons. The average molecular weight is 432 g/mol. The topological polar surface area (TPSA) is 146 Å². The van der Waals surface area contributed by atoms with Crippen LogP contribution in [-0.2, 0) is 0 Å². The van der Waals surface area contributed by atoms with Crippen LogP contribution in [0.15, 0.2) is 64.3 Å². The Balaban J connectivity index is 1.74. The quantitative estimate of drug-likeness (QED) is 0.334. The van der Waals surface area contributed by atoms with Gasteiger partial charge in [-0.3, -0.25) is 4.79 Å². The fraction of sp³-hybridized carbons (Fsp3) is 0.143. The summed E-state index contributed by atoms with van der Waals surface area (Å²) in [5.74, 6) is 0.172. The van der Waals surface area contributed by atoms with Crippen LogP contribution in [0.1, 0.15) is 29.9 Å². The van der Waals surface area contributed by atoms with E-state index in [4.69, 9.17) is 10.5 Å². The highest BCUT2D eigenvalue weighted by Gasteiger charge is 2.25. The molecule has 2 aromatic carbocycles. The molecule has 0 unspecified atom stereocenters. The number of carbonyl (C=O) groups excluding carboxylic acids is 1. The van der Waals surface area contributed by atoms with Crippen molar-refractivity contribution in [2.45, 2.75) is 13.8 Å². The molecular weight excluding hydrogens is 412 g/mol. The van der Waals surface area contributed by atoms with Crippen molar-refractivity contribution in [3.8, 4) is 22.8 Å². The van der Waals surface area contributed by atoms with Crippen molar-refractivity contribution < 1.29 is 14.2 Å². The third-order valence-electron chi connectivity index (χ3n) is 4.52. The van der Waals surface area contributed by atoms with E-state index in [0.717, 1.165) is 5.56 Å². The van der Waals surface area contributed by atoms with Gasteiger partial charge in [0.05, 0.1) is 12.3 Å². The lowest BCUT2D eigenvalue weighted by atomic mass is 10.1. The van der Waals surface area contributed by atoms with E-state index in [0.29, 0.717) is 29.3 Å².